The highest BCUT2D eigenvalue weighted by molar-refractivity contribution is 5.84. The van der Waals surface area contributed by atoms with Crippen LogP contribution in [0.4, 0.5) is 10.6 Å². The highest BCUT2D eigenvalue weighted by Crippen LogP contribution is 2.37. The molecule has 4 unspecified atom stereocenters. The Balaban J connectivity index is 1.42. The molecule has 0 aromatic carbocycles. The molecule has 0 N–H and O–H groups in total. The highest BCUT2D eigenvalue weighted by Gasteiger charge is 2.41. The van der Waals surface area contributed by atoms with E-state index in [4.69, 9.17) is 9.26 Å². The van der Waals surface area contributed by atoms with Gasteiger partial charge in [0.15, 0.2) is 11.6 Å². The number of likely N-dealkylation sites (tertiary alicyclic amines) is 2. The van der Waals surface area contributed by atoms with Crippen molar-refractivity contribution < 1.29 is 18.8 Å². The van der Waals surface area contributed by atoms with Gasteiger partial charge in [0, 0.05) is 44.8 Å². The van der Waals surface area contributed by atoms with Gasteiger partial charge < -0.3 is 24.0 Å². The maximum Gasteiger partial charge on any atom is 0.410 e. The smallest absolute Gasteiger partial charge is 0.410 e. The summed E-state index contributed by atoms with van der Waals surface area (Å²) >= 11 is 0. The number of ether oxygens (including phenoxy) is 1. The van der Waals surface area contributed by atoms with Crippen LogP contribution in [0.3, 0.4) is 0 Å². The van der Waals surface area contributed by atoms with Gasteiger partial charge in [-0.05, 0) is 64.7 Å². The number of anilines is 1. The van der Waals surface area contributed by atoms with E-state index in [1.165, 1.54) is 0 Å². The Morgan fingerprint density at radius 1 is 1.12 bits per heavy atom. The molecule has 184 valence electrons. The third kappa shape index (κ3) is 5.14. The van der Waals surface area contributed by atoms with Gasteiger partial charge in [-0.15, -0.1) is 0 Å². The van der Waals surface area contributed by atoms with Gasteiger partial charge in [-0.3, -0.25) is 4.79 Å². The van der Waals surface area contributed by atoms with E-state index < -0.39 is 5.60 Å². The Morgan fingerprint density at radius 3 is 2.48 bits per heavy atom. The van der Waals surface area contributed by atoms with Crippen LogP contribution in [-0.2, 0) is 9.53 Å². The standard InChI is InChI=1S/C25H40N4O4/c1-16(2)22(23(30)29-10-7-8-17(29)3)20-12-21(26-33-20)28-13-18-9-11-27(14-19(18)15-28)24(31)32-25(4,5)6/h12,16-19,22H,7-11,13-15H2,1-6H3. The minimum atomic E-state index is -0.482. The first-order chi connectivity index (χ1) is 15.5. The molecule has 3 aliphatic heterocycles. The molecular weight excluding hydrogens is 420 g/mol. The third-order valence-electron chi connectivity index (χ3n) is 7.37. The lowest BCUT2D eigenvalue weighted by atomic mass is 9.89. The Kier molecular flexibility index (Phi) is 6.65. The molecule has 3 aliphatic rings. The van der Waals surface area contributed by atoms with Crippen LogP contribution in [0.15, 0.2) is 10.6 Å². The van der Waals surface area contributed by atoms with Crippen molar-refractivity contribution in [2.75, 3.05) is 37.6 Å². The van der Waals surface area contributed by atoms with Crippen LogP contribution in [0.5, 0.6) is 0 Å². The van der Waals surface area contributed by atoms with Crippen molar-refractivity contribution in [2.24, 2.45) is 17.8 Å². The lowest BCUT2D eigenvalue weighted by Gasteiger charge is -2.35. The van der Waals surface area contributed by atoms with Crippen LogP contribution >= 0.6 is 0 Å². The monoisotopic (exact) mass is 460 g/mol. The lowest BCUT2D eigenvalue weighted by molar-refractivity contribution is -0.134. The normalized spacial score (nSPS) is 26.6. The lowest BCUT2D eigenvalue weighted by Crippen LogP contribution is -2.45. The number of carbonyl (C=O) groups excluding carboxylic acids is 2. The average molecular weight is 461 g/mol. The molecule has 1 aromatic rings. The topological polar surface area (TPSA) is 79.1 Å². The number of carbonyl (C=O) groups is 2. The SMILES string of the molecule is CC(C)C(C(=O)N1CCCC1C)c1cc(N2CC3CCN(C(=O)OC(C)(C)C)CC3C2)no1. The summed E-state index contributed by atoms with van der Waals surface area (Å²) in [7, 11) is 0. The highest BCUT2D eigenvalue weighted by atomic mass is 16.6. The summed E-state index contributed by atoms with van der Waals surface area (Å²) in [5.74, 6) is 2.36. The van der Waals surface area contributed by atoms with Crippen LogP contribution in [0.1, 0.15) is 72.5 Å². The number of fused-ring (bicyclic) bond motifs is 1. The van der Waals surface area contributed by atoms with Crippen molar-refractivity contribution in [3.05, 3.63) is 11.8 Å². The molecule has 4 rings (SSSR count). The van der Waals surface area contributed by atoms with Gasteiger partial charge in [-0.25, -0.2) is 4.79 Å². The summed E-state index contributed by atoms with van der Waals surface area (Å²) in [6.45, 7) is 16.0. The van der Waals surface area contributed by atoms with E-state index in [0.29, 0.717) is 24.1 Å². The Morgan fingerprint density at radius 2 is 1.85 bits per heavy atom. The van der Waals surface area contributed by atoms with Crippen LogP contribution < -0.4 is 4.90 Å². The summed E-state index contributed by atoms with van der Waals surface area (Å²) < 4.78 is 11.3. The van der Waals surface area contributed by atoms with Crippen LogP contribution in [0, 0.1) is 17.8 Å². The largest absolute Gasteiger partial charge is 0.444 e. The van der Waals surface area contributed by atoms with Crippen molar-refractivity contribution in [3.63, 3.8) is 0 Å². The molecule has 3 saturated heterocycles. The number of rotatable bonds is 4. The fourth-order valence-electron chi connectivity index (χ4n) is 5.60. The molecule has 1 aromatic heterocycles. The number of hydrogen-bond acceptors (Lipinski definition) is 6. The Hall–Kier alpha value is -2.25. The predicted octanol–water partition coefficient (Wildman–Crippen LogP) is 4.12. The van der Waals surface area contributed by atoms with Crippen LogP contribution in [0.25, 0.3) is 0 Å². The zero-order valence-corrected chi connectivity index (χ0v) is 21.0. The molecule has 0 radical (unpaired) electrons. The predicted molar refractivity (Wildman–Crippen MR) is 126 cm³/mol. The van der Waals surface area contributed by atoms with Gasteiger partial charge in [-0.2, -0.15) is 0 Å². The van der Waals surface area contributed by atoms with Crippen molar-refractivity contribution in [3.8, 4) is 0 Å². The van der Waals surface area contributed by atoms with E-state index in [1.54, 1.807) is 0 Å². The van der Waals surface area contributed by atoms with E-state index in [2.05, 4.69) is 30.8 Å². The molecule has 0 bridgehead atoms. The fraction of sp³-hybridized carbons (Fsp3) is 0.800. The zero-order valence-electron chi connectivity index (χ0n) is 21.0. The van der Waals surface area contributed by atoms with Gasteiger partial charge in [0.2, 0.25) is 5.91 Å². The van der Waals surface area contributed by atoms with Gasteiger partial charge in [0.1, 0.15) is 11.5 Å². The van der Waals surface area contributed by atoms with Gasteiger partial charge in [-0.1, -0.05) is 19.0 Å². The summed E-state index contributed by atoms with van der Waals surface area (Å²) in [6.07, 6.45) is 2.87. The first-order valence-electron chi connectivity index (χ1n) is 12.5. The molecule has 0 aliphatic carbocycles. The summed E-state index contributed by atoms with van der Waals surface area (Å²) in [6, 6.07) is 2.25. The van der Waals surface area contributed by atoms with Crippen molar-refractivity contribution in [1.82, 2.24) is 15.0 Å². The number of piperidine rings is 1. The number of hydrogen-bond donors (Lipinski definition) is 0. The maximum absolute atomic E-state index is 13.3. The number of amides is 2. The fourth-order valence-corrected chi connectivity index (χ4v) is 5.60. The van der Waals surface area contributed by atoms with Gasteiger partial charge >= 0.3 is 6.09 Å². The van der Waals surface area contributed by atoms with Gasteiger partial charge in [0.25, 0.3) is 0 Å². The number of nitrogens with zero attached hydrogens (tertiary/aromatic N) is 4. The van der Waals surface area contributed by atoms with Crippen molar-refractivity contribution in [1.29, 1.82) is 0 Å². The van der Waals surface area contributed by atoms with E-state index >= 15 is 0 Å². The summed E-state index contributed by atoms with van der Waals surface area (Å²) in [5.41, 5.74) is -0.482. The zero-order chi connectivity index (χ0) is 23.9. The molecule has 4 heterocycles. The number of aromatic nitrogens is 1. The minimum Gasteiger partial charge on any atom is -0.444 e. The minimum absolute atomic E-state index is 0.134. The second-order valence-corrected chi connectivity index (χ2v) is 11.5. The maximum atomic E-state index is 13.3. The Labute approximate surface area is 197 Å². The van der Waals surface area contributed by atoms with Crippen molar-refractivity contribution >= 4 is 17.8 Å². The molecule has 0 spiro atoms. The van der Waals surface area contributed by atoms with E-state index in [9.17, 15) is 9.59 Å². The second-order valence-electron chi connectivity index (χ2n) is 11.5. The van der Waals surface area contributed by atoms with Gasteiger partial charge in [0.05, 0.1) is 0 Å². The van der Waals surface area contributed by atoms with Crippen molar-refractivity contribution in [2.45, 2.75) is 78.4 Å². The van der Waals surface area contributed by atoms with Crippen LogP contribution in [0.2, 0.25) is 0 Å². The first-order valence-corrected chi connectivity index (χ1v) is 12.5. The van der Waals surface area contributed by atoms with E-state index in [1.807, 2.05) is 36.6 Å². The Bertz CT molecular complexity index is 861. The quantitative estimate of drug-likeness (QED) is 0.673. The molecule has 8 nitrogen and oxygen atoms in total. The second kappa shape index (κ2) is 9.18. The molecule has 2 amide bonds. The van der Waals surface area contributed by atoms with E-state index in [-0.39, 0.29) is 29.9 Å². The molecule has 8 heteroatoms. The molecular formula is C25H40N4O4. The molecule has 0 saturated carbocycles. The summed E-state index contributed by atoms with van der Waals surface area (Å²) in [4.78, 5) is 31.9. The summed E-state index contributed by atoms with van der Waals surface area (Å²) in [5, 5.41) is 4.36. The van der Waals surface area contributed by atoms with Crippen LogP contribution in [-0.4, -0.2) is 71.3 Å². The third-order valence-corrected chi connectivity index (χ3v) is 7.37. The average Bonchev–Trinajstić information content (AvgIpc) is 3.44. The molecule has 3 fully saturated rings. The molecule has 4 atom stereocenters. The van der Waals surface area contributed by atoms with E-state index in [0.717, 1.165) is 51.3 Å². The first kappa shape index (κ1) is 23.9. The molecule has 33 heavy (non-hydrogen) atoms.